The highest BCUT2D eigenvalue weighted by molar-refractivity contribution is 7.15. The molecule has 0 bridgehead atoms. The smallest absolute Gasteiger partial charge is 0.326 e. The molecular weight excluding hydrogens is 304 g/mol. The predicted molar refractivity (Wildman–Crippen MR) is 80.8 cm³/mol. The number of thiazole rings is 1. The molecule has 1 aliphatic rings. The minimum atomic E-state index is -1.00. The molecule has 1 saturated carbocycles. The minimum absolute atomic E-state index is 0.00626. The van der Waals surface area contributed by atoms with Gasteiger partial charge in [0.15, 0.2) is 10.8 Å². The van der Waals surface area contributed by atoms with Crippen molar-refractivity contribution in [3.8, 4) is 10.8 Å². The van der Waals surface area contributed by atoms with E-state index >= 15 is 0 Å². The van der Waals surface area contributed by atoms with Gasteiger partial charge in [-0.15, -0.1) is 11.3 Å². The molecule has 1 aliphatic carbocycles. The van der Waals surface area contributed by atoms with E-state index in [1.54, 1.807) is 18.4 Å². The van der Waals surface area contributed by atoms with E-state index in [0.717, 1.165) is 17.7 Å². The molecule has 7 heteroatoms. The SMILES string of the molecule is Cc1sc(-c2ccco2)nc1C(=O)N(C1CC1)C(C)C(=O)O. The zero-order chi connectivity index (χ0) is 15.9. The van der Waals surface area contributed by atoms with Crippen molar-refractivity contribution in [2.24, 2.45) is 0 Å². The fourth-order valence-electron chi connectivity index (χ4n) is 2.35. The number of carbonyl (C=O) groups is 2. The molecule has 0 saturated heterocycles. The summed E-state index contributed by atoms with van der Waals surface area (Å²) in [5.41, 5.74) is 0.316. The lowest BCUT2D eigenvalue weighted by molar-refractivity contribution is -0.141. The Morgan fingerprint density at radius 2 is 2.23 bits per heavy atom. The summed E-state index contributed by atoms with van der Waals surface area (Å²) in [5.74, 6) is -0.709. The lowest BCUT2D eigenvalue weighted by Gasteiger charge is -2.25. The van der Waals surface area contributed by atoms with Crippen LogP contribution in [0.4, 0.5) is 0 Å². The number of aromatic nitrogens is 1. The Morgan fingerprint density at radius 1 is 1.50 bits per heavy atom. The van der Waals surface area contributed by atoms with Gasteiger partial charge in [0.2, 0.25) is 0 Å². The van der Waals surface area contributed by atoms with Crippen molar-refractivity contribution in [1.82, 2.24) is 9.88 Å². The highest BCUT2D eigenvalue weighted by Crippen LogP contribution is 2.33. The number of amides is 1. The zero-order valence-electron chi connectivity index (χ0n) is 12.3. The lowest BCUT2D eigenvalue weighted by atomic mass is 10.2. The molecule has 1 unspecified atom stereocenters. The van der Waals surface area contributed by atoms with Gasteiger partial charge in [0.05, 0.1) is 6.26 Å². The van der Waals surface area contributed by atoms with Crippen molar-refractivity contribution in [2.45, 2.75) is 38.8 Å². The molecule has 2 aromatic heterocycles. The first-order chi connectivity index (χ1) is 10.5. The maximum atomic E-state index is 12.8. The Bertz CT molecular complexity index is 703. The second-order valence-electron chi connectivity index (χ2n) is 5.36. The number of furan rings is 1. The van der Waals surface area contributed by atoms with Gasteiger partial charge in [0.1, 0.15) is 11.7 Å². The van der Waals surface area contributed by atoms with E-state index in [1.165, 1.54) is 23.2 Å². The van der Waals surface area contributed by atoms with Crippen molar-refractivity contribution in [3.05, 3.63) is 29.0 Å². The second-order valence-corrected chi connectivity index (χ2v) is 6.56. The Kier molecular flexibility index (Phi) is 3.74. The van der Waals surface area contributed by atoms with Crippen LogP contribution in [0.25, 0.3) is 10.8 Å². The summed E-state index contributed by atoms with van der Waals surface area (Å²) in [6, 6.07) is 2.70. The Balaban J connectivity index is 1.92. The van der Waals surface area contributed by atoms with Crippen LogP contribution in [0, 0.1) is 6.92 Å². The first kappa shape index (κ1) is 14.8. The van der Waals surface area contributed by atoms with Gasteiger partial charge < -0.3 is 14.4 Å². The molecule has 2 heterocycles. The fraction of sp³-hybridized carbons (Fsp3) is 0.400. The third-order valence-corrected chi connectivity index (χ3v) is 4.67. The number of carboxylic acid groups (broad SMARTS) is 1. The monoisotopic (exact) mass is 320 g/mol. The summed E-state index contributed by atoms with van der Waals surface area (Å²) >= 11 is 1.37. The number of carboxylic acids is 1. The maximum Gasteiger partial charge on any atom is 0.326 e. The van der Waals surface area contributed by atoms with E-state index in [1.807, 2.05) is 6.92 Å². The molecule has 1 atom stereocenters. The number of rotatable bonds is 5. The number of hydrogen-bond donors (Lipinski definition) is 1. The van der Waals surface area contributed by atoms with Crippen molar-refractivity contribution < 1.29 is 19.1 Å². The van der Waals surface area contributed by atoms with Crippen LogP contribution in [0.15, 0.2) is 22.8 Å². The maximum absolute atomic E-state index is 12.8. The van der Waals surface area contributed by atoms with E-state index in [0.29, 0.717) is 16.5 Å². The average molecular weight is 320 g/mol. The predicted octanol–water partition coefficient (Wildman–Crippen LogP) is 2.79. The standard InChI is InChI=1S/C15H16N2O4S/c1-8(15(19)20)17(10-5-6-10)14(18)12-9(2)22-13(16-12)11-4-3-7-21-11/h3-4,7-8,10H,5-6H2,1-2H3,(H,19,20). The van der Waals surface area contributed by atoms with Crippen molar-refractivity contribution in [2.75, 3.05) is 0 Å². The average Bonchev–Trinajstić information content (AvgIpc) is 3.01. The molecule has 0 aliphatic heterocycles. The second kappa shape index (κ2) is 5.57. The molecule has 2 aromatic rings. The van der Waals surface area contributed by atoms with Crippen LogP contribution in [0.2, 0.25) is 0 Å². The van der Waals surface area contributed by atoms with Crippen LogP contribution >= 0.6 is 11.3 Å². The first-order valence-corrected chi connectivity index (χ1v) is 7.87. The number of nitrogens with zero attached hydrogens (tertiary/aromatic N) is 2. The molecule has 3 rings (SSSR count). The van der Waals surface area contributed by atoms with Crippen LogP contribution < -0.4 is 0 Å². The molecule has 0 aromatic carbocycles. The molecule has 0 radical (unpaired) electrons. The molecule has 1 N–H and O–H groups in total. The first-order valence-electron chi connectivity index (χ1n) is 7.06. The molecule has 6 nitrogen and oxygen atoms in total. The van der Waals surface area contributed by atoms with Gasteiger partial charge in [-0.25, -0.2) is 9.78 Å². The molecular formula is C15H16N2O4S. The van der Waals surface area contributed by atoms with Crippen molar-refractivity contribution >= 4 is 23.2 Å². The Morgan fingerprint density at radius 3 is 2.77 bits per heavy atom. The summed E-state index contributed by atoms with van der Waals surface area (Å²) in [6.45, 7) is 3.35. The zero-order valence-corrected chi connectivity index (χ0v) is 13.1. The molecule has 1 amide bonds. The Hall–Kier alpha value is -2.15. The van der Waals surface area contributed by atoms with Gasteiger partial charge >= 0.3 is 5.97 Å². The highest BCUT2D eigenvalue weighted by atomic mass is 32.1. The van der Waals surface area contributed by atoms with Gasteiger partial charge in [-0.05, 0) is 38.8 Å². The van der Waals surface area contributed by atoms with E-state index < -0.39 is 12.0 Å². The topological polar surface area (TPSA) is 83.6 Å². The largest absolute Gasteiger partial charge is 0.480 e. The summed E-state index contributed by atoms with van der Waals surface area (Å²) in [5, 5.41) is 9.85. The van der Waals surface area contributed by atoms with E-state index in [9.17, 15) is 14.7 Å². The van der Waals surface area contributed by atoms with Crippen LogP contribution in [0.1, 0.15) is 35.1 Å². The molecule has 116 valence electrons. The number of hydrogen-bond acceptors (Lipinski definition) is 5. The summed E-state index contributed by atoms with van der Waals surface area (Å²) in [7, 11) is 0. The Labute approximate surface area is 131 Å². The van der Waals surface area contributed by atoms with Crippen LogP contribution in [-0.4, -0.2) is 39.0 Å². The summed E-state index contributed by atoms with van der Waals surface area (Å²) in [6.07, 6.45) is 3.24. The normalized spacial score (nSPS) is 15.5. The van der Waals surface area contributed by atoms with Crippen LogP contribution in [0.5, 0.6) is 0 Å². The number of carbonyl (C=O) groups excluding carboxylic acids is 1. The van der Waals surface area contributed by atoms with E-state index in [-0.39, 0.29) is 11.9 Å². The van der Waals surface area contributed by atoms with Gasteiger partial charge in [0.25, 0.3) is 5.91 Å². The van der Waals surface area contributed by atoms with Crippen molar-refractivity contribution in [1.29, 1.82) is 0 Å². The lowest BCUT2D eigenvalue weighted by Crippen LogP contribution is -2.45. The molecule has 1 fully saturated rings. The summed E-state index contributed by atoms with van der Waals surface area (Å²) < 4.78 is 5.30. The third kappa shape index (κ3) is 2.64. The van der Waals surface area contributed by atoms with Gasteiger partial charge in [0, 0.05) is 10.9 Å². The van der Waals surface area contributed by atoms with Crippen molar-refractivity contribution in [3.63, 3.8) is 0 Å². The van der Waals surface area contributed by atoms with Gasteiger partial charge in [-0.2, -0.15) is 0 Å². The number of aliphatic carboxylic acids is 1. The molecule has 22 heavy (non-hydrogen) atoms. The van der Waals surface area contributed by atoms with Crippen LogP contribution in [-0.2, 0) is 4.79 Å². The summed E-state index contributed by atoms with van der Waals surface area (Å²) in [4.78, 5) is 30.6. The van der Waals surface area contributed by atoms with Gasteiger partial charge in [-0.1, -0.05) is 0 Å². The highest BCUT2D eigenvalue weighted by Gasteiger charge is 2.40. The number of aryl methyl sites for hydroxylation is 1. The van der Waals surface area contributed by atoms with Crippen LogP contribution in [0.3, 0.4) is 0 Å². The van der Waals surface area contributed by atoms with E-state index in [2.05, 4.69) is 4.98 Å². The van der Waals surface area contributed by atoms with Gasteiger partial charge in [-0.3, -0.25) is 4.79 Å². The van der Waals surface area contributed by atoms with E-state index in [4.69, 9.17) is 4.42 Å². The minimum Gasteiger partial charge on any atom is -0.480 e. The molecule has 0 spiro atoms. The third-order valence-electron chi connectivity index (χ3n) is 3.68. The quantitative estimate of drug-likeness (QED) is 0.916. The fourth-order valence-corrected chi connectivity index (χ4v) is 3.23.